The lowest BCUT2D eigenvalue weighted by molar-refractivity contribution is -0.151. The molecule has 1 fully saturated rings. The maximum Gasteiger partial charge on any atom is 0.332 e. The zero-order chi connectivity index (χ0) is 16.0. The van der Waals surface area contributed by atoms with E-state index in [2.05, 4.69) is 24.1 Å². The monoisotopic (exact) mass is 300 g/mol. The van der Waals surface area contributed by atoms with Crippen LogP contribution in [0.1, 0.15) is 39.5 Å². The van der Waals surface area contributed by atoms with Crippen LogP contribution < -0.4 is 5.32 Å². The van der Waals surface area contributed by atoms with E-state index in [1.807, 2.05) is 14.1 Å². The molecule has 1 heterocycles. The summed E-state index contributed by atoms with van der Waals surface area (Å²) in [5.41, 5.74) is 0. The Labute approximate surface area is 126 Å². The van der Waals surface area contributed by atoms with E-state index in [1.165, 1.54) is 0 Å². The van der Waals surface area contributed by atoms with Gasteiger partial charge in [0, 0.05) is 12.6 Å². The van der Waals surface area contributed by atoms with Gasteiger partial charge in [0.2, 0.25) is 5.91 Å². The fourth-order valence-electron chi connectivity index (χ4n) is 2.93. The minimum absolute atomic E-state index is 0.198. The van der Waals surface area contributed by atoms with E-state index in [0.29, 0.717) is 25.3 Å². The molecule has 1 aliphatic rings. The van der Waals surface area contributed by atoms with Crippen molar-refractivity contribution in [3.05, 3.63) is 0 Å². The molecule has 122 valence electrons. The van der Waals surface area contributed by atoms with Crippen LogP contribution in [-0.4, -0.2) is 60.8 Å². The van der Waals surface area contributed by atoms with E-state index in [9.17, 15) is 9.59 Å². The molecule has 21 heavy (non-hydrogen) atoms. The zero-order valence-corrected chi connectivity index (χ0v) is 13.5. The minimum Gasteiger partial charge on any atom is -0.479 e. The number of aliphatic carboxylic acids is 1. The fourth-order valence-corrected chi connectivity index (χ4v) is 2.93. The van der Waals surface area contributed by atoms with Crippen LogP contribution in [0.15, 0.2) is 0 Å². The third-order valence-corrected chi connectivity index (χ3v) is 4.33. The smallest absolute Gasteiger partial charge is 0.332 e. The molecule has 0 aromatic carbocycles. The molecule has 0 bridgehead atoms. The number of hydrogen-bond donors (Lipinski definition) is 2. The van der Waals surface area contributed by atoms with Crippen LogP contribution in [0.25, 0.3) is 0 Å². The van der Waals surface area contributed by atoms with Gasteiger partial charge in [0.1, 0.15) is 6.10 Å². The number of rotatable bonds is 8. The molecular formula is C15H28N2O4. The minimum atomic E-state index is -0.992. The highest BCUT2D eigenvalue weighted by Crippen LogP contribution is 2.20. The van der Waals surface area contributed by atoms with Crippen molar-refractivity contribution >= 4 is 11.9 Å². The van der Waals surface area contributed by atoms with Gasteiger partial charge in [-0.05, 0) is 32.9 Å². The summed E-state index contributed by atoms with van der Waals surface area (Å²) in [4.78, 5) is 25.1. The number of nitrogens with zero attached hydrogens (tertiary/aromatic N) is 1. The first-order valence-corrected chi connectivity index (χ1v) is 7.73. The lowest BCUT2D eigenvalue weighted by atomic mass is 9.93. The SMILES string of the molecule is CCC(CC)C(CNC(=O)[C@@H]1CC[C@H](C(=O)O)O1)N(C)C. The van der Waals surface area contributed by atoms with Crippen LogP contribution in [0.2, 0.25) is 0 Å². The van der Waals surface area contributed by atoms with Crippen molar-refractivity contribution in [2.24, 2.45) is 5.92 Å². The maximum absolute atomic E-state index is 12.1. The molecule has 1 amide bonds. The molecule has 1 aliphatic heterocycles. The Morgan fingerprint density at radius 3 is 2.24 bits per heavy atom. The van der Waals surface area contributed by atoms with Gasteiger partial charge in [-0.2, -0.15) is 0 Å². The highest BCUT2D eigenvalue weighted by Gasteiger charge is 2.35. The normalized spacial score (nSPS) is 23.5. The molecule has 2 N–H and O–H groups in total. The Balaban J connectivity index is 2.49. The maximum atomic E-state index is 12.1. The van der Waals surface area contributed by atoms with Crippen molar-refractivity contribution in [1.29, 1.82) is 0 Å². The highest BCUT2D eigenvalue weighted by atomic mass is 16.5. The van der Waals surface area contributed by atoms with Crippen LogP contribution in [-0.2, 0) is 14.3 Å². The number of amides is 1. The number of nitrogens with one attached hydrogen (secondary N) is 1. The number of carbonyl (C=O) groups is 2. The van der Waals surface area contributed by atoms with Gasteiger partial charge in [0.25, 0.3) is 0 Å². The van der Waals surface area contributed by atoms with Crippen LogP contribution in [0, 0.1) is 5.92 Å². The van der Waals surface area contributed by atoms with Gasteiger partial charge in [-0.25, -0.2) is 4.79 Å². The summed E-state index contributed by atoms with van der Waals surface area (Å²) in [7, 11) is 4.03. The number of carboxylic acids is 1. The number of carbonyl (C=O) groups excluding carboxylic acids is 1. The largest absolute Gasteiger partial charge is 0.479 e. The second-order valence-electron chi connectivity index (χ2n) is 5.88. The van der Waals surface area contributed by atoms with Gasteiger partial charge < -0.3 is 20.1 Å². The Morgan fingerprint density at radius 1 is 1.24 bits per heavy atom. The van der Waals surface area contributed by atoms with Gasteiger partial charge in [-0.3, -0.25) is 4.79 Å². The summed E-state index contributed by atoms with van der Waals surface area (Å²) in [6.07, 6.45) is 1.53. The van der Waals surface area contributed by atoms with Gasteiger partial charge >= 0.3 is 5.97 Å². The third kappa shape index (κ3) is 4.97. The average molecular weight is 300 g/mol. The molecule has 3 atom stereocenters. The predicted molar refractivity (Wildman–Crippen MR) is 80.1 cm³/mol. The van der Waals surface area contributed by atoms with Crippen LogP contribution in [0.4, 0.5) is 0 Å². The molecule has 6 heteroatoms. The van der Waals surface area contributed by atoms with E-state index in [-0.39, 0.29) is 11.9 Å². The molecule has 6 nitrogen and oxygen atoms in total. The Kier molecular flexibility index (Phi) is 7.11. The first-order valence-electron chi connectivity index (χ1n) is 7.73. The van der Waals surface area contributed by atoms with Gasteiger partial charge in [0.15, 0.2) is 6.10 Å². The van der Waals surface area contributed by atoms with Crippen molar-refractivity contribution < 1.29 is 19.4 Å². The van der Waals surface area contributed by atoms with Crippen molar-refractivity contribution in [1.82, 2.24) is 10.2 Å². The molecule has 1 saturated heterocycles. The molecule has 0 saturated carbocycles. The topological polar surface area (TPSA) is 78.9 Å². The van der Waals surface area contributed by atoms with Crippen molar-refractivity contribution in [2.75, 3.05) is 20.6 Å². The summed E-state index contributed by atoms with van der Waals surface area (Å²) in [5.74, 6) is -0.665. The molecule has 0 aromatic rings. The lowest BCUT2D eigenvalue weighted by Crippen LogP contribution is -2.47. The molecule has 0 aliphatic carbocycles. The fraction of sp³-hybridized carbons (Fsp3) is 0.867. The van der Waals surface area contributed by atoms with E-state index < -0.39 is 18.2 Å². The number of ether oxygens (including phenoxy) is 1. The van der Waals surface area contributed by atoms with Crippen molar-refractivity contribution in [3.63, 3.8) is 0 Å². The molecule has 0 radical (unpaired) electrons. The second-order valence-corrected chi connectivity index (χ2v) is 5.88. The zero-order valence-electron chi connectivity index (χ0n) is 13.5. The van der Waals surface area contributed by atoms with Crippen LogP contribution >= 0.6 is 0 Å². The van der Waals surface area contributed by atoms with E-state index in [0.717, 1.165) is 12.8 Å². The number of carboxylic acid groups (broad SMARTS) is 1. The Hall–Kier alpha value is -1.14. The summed E-state index contributed by atoms with van der Waals surface area (Å²) >= 11 is 0. The number of hydrogen-bond acceptors (Lipinski definition) is 4. The predicted octanol–water partition coefficient (Wildman–Crippen LogP) is 1.10. The quantitative estimate of drug-likeness (QED) is 0.702. The molecule has 0 aromatic heterocycles. The van der Waals surface area contributed by atoms with Crippen molar-refractivity contribution in [3.8, 4) is 0 Å². The molecule has 1 rings (SSSR count). The second kappa shape index (κ2) is 8.34. The highest BCUT2D eigenvalue weighted by molar-refractivity contribution is 5.82. The van der Waals surface area contributed by atoms with Crippen LogP contribution in [0.3, 0.4) is 0 Å². The molecule has 1 unspecified atom stereocenters. The summed E-state index contributed by atoms with van der Waals surface area (Å²) < 4.78 is 5.27. The summed E-state index contributed by atoms with van der Waals surface area (Å²) in [6, 6.07) is 0.278. The van der Waals surface area contributed by atoms with Gasteiger partial charge in [0.05, 0.1) is 0 Å². The molecule has 0 spiro atoms. The van der Waals surface area contributed by atoms with E-state index >= 15 is 0 Å². The Bertz CT molecular complexity index is 356. The van der Waals surface area contributed by atoms with Crippen LogP contribution in [0.5, 0.6) is 0 Å². The first kappa shape index (κ1) is 17.9. The average Bonchev–Trinajstić information content (AvgIpc) is 2.92. The van der Waals surface area contributed by atoms with Gasteiger partial charge in [-0.15, -0.1) is 0 Å². The standard InChI is InChI=1S/C15H28N2O4/c1-5-10(6-2)11(17(3)4)9-16-14(18)12-7-8-13(21-12)15(19)20/h10-13H,5-9H2,1-4H3,(H,16,18)(H,19,20)/t11?,12-,13+/m0/s1. The van der Waals surface area contributed by atoms with E-state index in [1.54, 1.807) is 0 Å². The third-order valence-electron chi connectivity index (χ3n) is 4.33. The number of likely N-dealkylation sites (N-methyl/N-ethyl adjacent to an activating group) is 1. The summed E-state index contributed by atoms with van der Waals surface area (Å²) in [6.45, 7) is 4.88. The lowest BCUT2D eigenvalue weighted by Gasteiger charge is -2.31. The first-order chi connectivity index (χ1) is 9.90. The Morgan fingerprint density at radius 2 is 1.81 bits per heavy atom. The summed E-state index contributed by atoms with van der Waals surface area (Å²) in [5, 5.41) is 11.8. The molecular weight excluding hydrogens is 272 g/mol. The van der Waals surface area contributed by atoms with E-state index in [4.69, 9.17) is 9.84 Å². The van der Waals surface area contributed by atoms with Gasteiger partial charge in [-0.1, -0.05) is 26.7 Å². The van der Waals surface area contributed by atoms with Crippen molar-refractivity contribution in [2.45, 2.75) is 57.8 Å².